The van der Waals surface area contributed by atoms with Crippen molar-refractivity contribution in [3.05, 3.63) is 0 Å². The molecule has 2 fully saturated rings. The summed E-state index contributed by atoms with van der Waals surface area (Å²) in [5.41, 5.74) is 0. The van der Waals surface area contributed by atoms with Crippen LogP contribution in [0, 0.1) is 0 Å². The summed E-state index contributed by atoms with van der Waals surface area (Å²) < 4.78 is -0.145. The molecule has 2 saturated heterocycles. The zero-order valence-electron chi connectivity index (χ0n) is 10.3. The summed E-state index contributed by atoms with van der Waals surface area (Å²) in [6.07, 6.45) is 4.68. The molecule has 1 amide bonds. The number of nitrogens with zero attached hydrogens (tertiary/aromatic N) is 1. The van der Waals surface area contributed by atoms with Crippen LogP contribution in [0.1, 0.15) is 32.6 Å². The molecule has 0 aromatic rings. The molecule has 2 heterocycles. The van der Waals surface area contributed by atoms with Gasteiger partial charge in [-0.3, -0.25) is 4.79 Å². The fourth-order valence-corrected chi connectivity index (χ4v) is 3.98. The van der Waals surface area contributed by atoms with Gasteiger partial charge >= 0.3 is 0 Å². The molecule has 16 heavy (non-hydrogen) atoms. The molecule has 2 atom stereocenters. The first-order chi connectivity index (χ1) is 7.62. The molecule has 0 spiro atoms. The van der Waals surface area contributed by atoms with E-state index in [4.69, 9.17) is 0 Å². The first-order valence-corrected chi connectivity index (χ1v) is 7.23. The molecule has 1 N–H and O–H groups in total. The minimum atomic E-state index is -0.145. The Morgan fingerprint density at radius 3 is 2.94 bits per heavy atom. The third-order valence-electron chi connectivity index (χ3n) is 3.67. The zero-order chi connectivity index (χ0) is 11.6. The van der Waals surface area contributed by atoms with Crippen LogP contribution in [0.4, 0.5) is 0 Å². The normalized spacial score (nSPS) is 34.2. The number of carbonyl (C=O) groups excluding carboxylic acids is 1. The molecular weight excluding hydrogens is 220 g/mol. The van der Waals surface area contributed by atoms with E-state index in [0.29, 0.717) is 11.9 Å². The van der Waals surface area contributed by atoms with Crippen LogP contribution >= 0.6 is 11.8 Å². The summed E-state index contributed by atoms with van der Waals surface area (Å²) in [7, 11) is 1.95. The van der Waals surface area contributed by atoms with Gasteiger partial charge in [0.15, 0.2) is 0 Å². The van der Waals surface area contributed by atoms with E-state index < -0.39 is 0 Å². The second-order valence-electron chi connectivity index (χ2n) is 5.16. The van der Waals surface area contributed by atoms with Crippen LogP contribution in [-0.2, 0) is 4.79 Å². The molecule has 3 nitrogen and oxygen atoms in total. The van der Waals surface area contributed by atoms with Crippen LogP contribution in [0.25, 0.3) is 0 Å². The Labute approximate surface area is 102 Å². The molecule has 0 saturated carbocycles. The van der Waals surface area contributed by atoms with E-state index in [-0.39, 0.29) is 4.75 Å². The molecule has 0 aliphatic carbocycles. The van der Waals surface area contributed by atoms with E-state index >= 15 is 0 Å². The van der Waals surface area contributed by atoms with Crippen LogP contribution in [0.3, 0.4) is 0 Å². The van der Waals surface area contributed by atoms with E-state index in [2.05, 4.69) is 12.2 Å². The molecule has 2 unspecified atom stereocenters. The molecule has 0 aromatic heterocycles. The summed E-state index contributed by atoms with van der Waals surface area (Å²) in [6, 6.07) is 0.518. The largest absolute Gasteiger partial charge is 0.343 e. The van der Waals surface area contributed by atoms with Gasteiger partial charge in [0.25, 0.3) is 0 Å². The quantitative estimate of drug-likeness (QED) is 0.813. The van der Waals surface area contributed by atoms with Gasteiger partial charge in [-0.05, 0) is 44.9 Å². The molecule has 2 rings (SSSR count). The minimum Gasteiger partial charge on any atom is -0.343 e. The third kappa shape index (κ3) is 2.54. The van der Waals surface area contributed by atoms with Crippen LogP contribution in [0.15, 0.2) is 0 Å². The van der Waals surface area contributed by atoms with Gasteiger partial charge in [-0.1, -0.05) is 0 Å². The summed E-state index contributed by atoms with van der Waals surface area (Å²) >= 11 is 1.83. The number of nitrogens with one attached hydrogen (secondary N) is 1. The van der Waals surface area contributed by atoms with Gasteiger partial charge in [-0.2, -0.15) is 0 Å². The summed E-state index contributed by atoms with van der Waals surface area (Å²) in [5, 5.41) is 3.44. The Kier molecular flexibility index (Phi) is 3.80. The van der Waals surface area contributed by atoms with Gasteiger partial charge in [0.2, 0.25) is 5.91 Å². The Morgan fingerprint density at radius 2 is 2.38 bits per heavy atom. The van der Waals surface area contributed by atoms with Gasteiger partial charge in [0.1, 0.15) is 0 Å². The van der Waals surface area contributed by atoms with E-state index in [1.54, 1.807) is 0 Å². The summed E-state index contributed by atoms with van der Waals surface area (Å²) in [4.78, 5) is 14.3. The Balaban J connectivity index is 1.88. The fourth-order valence-electron chi connectivity index (χ4n) is 2.68. The highest BCUT2D eigenvalue weighted by Crippen LogP contribution is 2.39. The number of amides is 1. The van der Waals surface area contributed by atoms with Crippen LogP contribution < -0.4 is 5.32 Å². The Morgan fingerprint density at radius 1 is 1.56 bits per heavy atom. The van der Waals surface area contributed by atoms with Crippen molar-refractivity contribution < 1.29 is 4.79 Å². The molecule has 2 aliphatic heterocycles. The van der Waals surface area contributed by atoms with Crippen LogP contribution in [0.5, 0.6) is 0 Å². The first kappa shape index (κ1) is 12.2. The van der Waals surface area contributed by atoms with Crippen molar-refractivity contribution in [3.63, 3.8) is 0 Å². The van der Waals surface area contributed by atoms with E-state index in [9.17, 15) is 4.79 Å². The SMILES string of the molecule is CN(CC1CCCN1)C(=O)C1(C)CCCS1. The highest BCUT2D eigenvalue weighted by molar-refractivity contribution is 8.01. The maximum absolute atomic E-state index is 12.3. The standard InChI is InChI=1S/C12H22N2OS/c1-12(6-4-8-16-12)11(15)14(2)9-10-5-3-7-13-10/h10,13H,3-9H2,1-2H3. The average Bonchev–Trinajstić information content (AvgIpc) is 2.89. The predicted octanol–water partition coefficient (Wildman–Crippen LogP) is 1.48. The summed E-state index contributed by atoms with van der Waals surface area (Å²) in [5.74, 6) is 1.46. The number of carbonyl (C=O) groups is 1. The van der Waals surface area contributed by atoms with Gasteiger partial charge in [0.05, 0.1) is 4.75 Å². The topological polar surface area (TPSA) is 32.3 Å². The highest BCUT2D eigenvalue weighted by atomic mass is 32.2. The van der Waals surface area contributed by atoms with Gasteiger partial charge < -0.3 is 10.2 Å². The Bertz CT molecular complexity index is 258. The number of hydrogen-bond acceptors (Lipinski definition) is 3. The number of hydrogen-bond donors (Lipinski definition) is 1. The van der Waals surface area contributed by atoms with Gasteiger partial charge in [-0.25, -0.2) is 0 Å². The predicted molar refractivity (Wildman–Crippen MR) is 68.8 cm³/mol. The minimum absolute atomic E-state index is 0.145. The lowest BCUT2D eigenvalue weighted by atomic mass is 10.0. The lowest BCUT2D eigenvalue weighted by Gasteiger charge is -2.30. The maximum atomic E-state index is 12.3. The molecule has 4 heteroatoms. The molecular formula is C12H22N2OS. The molecule has 0 aromatic carbocycles. The summed E-state index contributed by atoms with van der Waals surface area (Å²) in [6.45, 7) is 4.08. The van der Waals surface area contributed by atoms with E-state index in [1.807, 2.05) is 23.7 Å². The van der Waals surface area contributed by atoms with Crippen molar-refractivity contribution in [1.82, 2.24) is 10.2 Å². The van der Waals surface area contributed by atoms with Crippen molar-refractivity contribution in [2.45, 2.75) is 43.4 Å². The second-order valence-corrected chi connectivity index (χ2v) is 6.76. The molecule has 92 valence electrons. The zero-order valence-corrected chi connectivity index (χ0v) is 11.1. The fraction of sp³-hybridized carbons (Fsp3) is 0.917. The molecule has 2 aliphatic rings. The van der Waals surface area contributed by atoms with Crippen molar-refractivity contribution in [3.8, 4) is 0 Å². The van der Waals surface area contributed by atoms with Gasteiger partial charge in [0, 0.05) is 19.6 Å². The van der Waals surface area contributed by atoms with Gasteiger partial charge in [-0.15, -0.1) is 11.8 Å². The van der Waals surface area contributed by atoms with Crippen molar-refractivity contribution in [2.24, 2.45) is 0 Å². The third-order valence-corrected chi connectivity index (χ3v) is 5.18. The first-order valence-electron chi connectivity index (χ1n) is 6.25. The second kappa shape index (κ2) is 4.96. The number of thioether (sulfide) groups is 1. The van der Waals surface area contributed by atoms with E-state index in [1.165, 1.54) is 19.3 Å². The number of likely N-dealkylation sites (N-methyl/N-ethyl adjacent to an activating group) is 1. The smallest absolute Gasteiger partial charge is 0.238 e. The average molecular weight is 242 g/mol. The lowest BCUT2D eigenvalue weighted by Crippen LogP contribution is -2.46. The maximum Gasteiger partial charge on any atom is 0.238 e. The monoisotopic (exact) mass is 242 g/mol. The van der Waals surface area contributed by atoms with Crippen LogP contribution in [-0.4, -0.2) is 47.5 Å². The number of rotatable bonds is 3. The van der Waals surface area contributed by atoms with Crippen molar-refractivity contribution in [2.75, 3.05) is 25.9 Å². The highest BCUT2D eigenvalue weighted by Gasteiger charge is 2.39. The van der Waals surface area contributed by atoms with Crippen molar-refractivity contribution >= 4 is 17.7 Å². The molecule has 0 radical (unpaired) electrons. The van der Waals surface area contributed by atoms with Crippen LogP contribution in [0.2, 0.25) is 0 Å². The molecule has 0 bridgehead atoms. The lowest BCUT2D eigenvalue weighted by molar-refractivity contribution is -0.132. The Hall–Kier alpha value is -0.220. The van der Waals surface area contributed by atoms with Crippen molar-refractivity contribution in [1.29, 1.82) is 0 Å². The van der Waals surface area contributed by atoms with E-state index in [0.717, 1.165) is 25.3 Å².